The van der Waals surface area contributed by atoms with E-state index in [1.807, 2.05) is 0 Å². The van der Waals surface area contributed by atoms with Gasteiger partial charge < -0.3 is 31.2 Å². The van der Waals surface area contributed by atoms with Gasteiger partial charge in [-0.2, -0.15) is 4.37 Å². The molecular formula is C20H24FN5O6S. The molecule has 0 saturated carbocycles. The Kier molecular flexibility index (Phi) is 9.24. The summed E-state index contributed by atoms with van der Waals surface area (Å²) in [6.45, 7) is 1.27. The van der Waals surface area contributed by atoms with Gasteiger partial charge in [0.15, 0.2) is 5.69 Å². The number of primary amides is 1. The minimum Gasteiger partial charge on any atom is -0.465 e. The number of rotatable bonds is 11. The lowest BCUT2D eigenvalue weighted by Crippen LogP contribution is -2.46. The minimum atomic E-state index is -1.29. The number of hydrogen-bond acceptors (Lipinski definition) is 9. The van der Waals surface area contributed by atoms with Gasteiger partial charge >= 0.3 is 5.97 Å². The van der Waals surface area contributed by atoms with Crippen LogP contribution >= 0.6 is 11.5 Å². The Morgan fingerprint density at radius 3 is 2.45 bits per heavy atom. The van der Waals surface area contributed by atoms with Crippen LogP contribution in [0.1, 0.15) is 38.7 Å². The maximum absolute atomic E-state index is 13.5. The number of hydrogen-bond donors (Lipinski definition) is 3. The Bertz CT molecular complexity index is 1010. The topological polar surface area (TPSA) is 167 Å². The van der Waals surface area contributed by atoms with Crippen LogP contribution in [0.25, 0.3) is 0 Å². The van der Waals surface area contributed by atoms with Gasteiger partial charge in [-0.1, -0.05) is 12.1 Å². The van der Waals surface area contributed by atoms with E-state index in [0.717, 1.165) is 17.0 Å². The van der Waals surface area contributed by atoms with Crippen LogP contribution in [-0.2, 0) is 19.1 Å². The SMILES string of the molecule is CCOC(=O)CNC(=O)[C@@H](c1ccc(F)cc1)N(CCOC)C(=O)c1snc(C(N)=O)c1N. The van der Waals surface area contributed by atoms with Crippen LogP contribution in [0, 0.1) is 5.82 Å². The highest BCUT2D eigenvalue weighted by atomic mass is 32.1. The van der Waals surface area contributed by atoms with E-state index in [1.165, 1.54) is 19.2 Å². The summed E-state index contributed by atoms with van der Waals surface area (Å²) in [5.74, 6) is -3.57. The number of methoxy groups -OCH3 is 1. The molecule has 0 spiro atoms. The summed E-state index contributed by atoms with van der Waals surface area (Å²) in [7, 11) is 1.41. The molecule has 33 heavy (non-hydrogen) atoms. The molecule has 2 rings (SSSR count). The van der Waals surface area contributed by atoms with Gasteiger partial charge in [0.25, 0.3) is 11.8 Å². The van der Waals surface area contributed by atoms with Gasteiger partial charge in [0.1, 0.15) is 23.3 Å². The highest BCUT2D eigenvalue weighted by molar-refractivity contribution is 7.09. The molecule has 1 atom stereocenters. The van der Waals surface area contributed by atoms with Gasteiger partial charge in [-0.3, -0.25) is 19.2 Å². The Morgan fingerprint density at radius 2 is 1.91 bits per heavy atom. The lowest BCUT2D eigenvalue weighted by Gasteiger charge is -2.31. The zero-order valence-corrected chi connectivity index (χ0v) is 18.8. The molecule has 1 heterocycles. The number of aromatic nitrogens is 1. The van der Waals surface area contributed by atoms with E-state index >= 15 is 0 Å². The summed E-state index contributed by atoms with van der Waals surface area (Å²) >= 11 is 0.652. The van der Waals surface area contributed by atoms with Crippen molar-refractivity contribution in [3.8, 4) is 0 Å². The first-order valence-electron chi connectivity index (χ1n) is 9.74. The number of nitrogens with zero attached hydrogens (tertiary/aromatic N) is 2. The van der Waals surface area contributed by atoms with Crippen molar-refractivity contribution in [3.05, 3.63) is 46.2 Å². The fourth-order valence-corrected chi connectivity index (χ4v) is 3.64. The maximum Gasteiger partial charge on any atom is 0.325 e. The van der Waals surface area contributed by atoms with Crippen molar-refractivity contribution < 1.29 is 33.0 Å². The van der Waals surface area contributed by atoms with Gasteiger partial charge in [0.05, 0.1) is 18.9 Å². The lowest BCUT2D eigenvalue weighted by molar-refractivity contribution is -0.143. The first kappa shape index (κ1) is 25.7. The summed E-state index contributed by atoms with van der Waals surface area (Å²) in [5, 5.41) is 2.42. The number of nitrogens with two attached hydrogens (primary N) is 2. The highest BCUT2D eigenvalue weighted by Crippen LogP contribution is 2.28. The molecule has 0 aliphatic heterocycles. The summed E-state index contributed by atoms with van der Waals surface area (Å²) in [6.07, 6.45) is 0. The molecule has 0 fully saturated rings. The molecular weight excluding hydrogens is 457 g/mol. The third-order valence-corrected chi connectivity index (χ3v) is 5.26. The number of benzene rings is 1. The van der Waals surface area contributed by atoms with Crippen molar-refractivity contribution in [1.82, 2.24) is 14.6 Å². The van der Waals surface area contributed by atoms with Crippen LogP contribution in [0.15, 0.2) is 24.3 Å². The molecule has 0 aliphatic rings. The number of ether oxygens (including phenoxy) is 2. The van der Waals surface area contributed by atoms with Crippen molar-refractivity contribution >= 4 is 40.9 Å². The van der Waals surface area contributed by atoms with Crippen LogP contribution < -0.4 is 16.8 Å². The third kappa shape index (κ3) is 6.46. The van der Waals surface area contributed by atoms with Gasteiger partial charge in [-0.05, 0) is 36.2 Å². The van der Waals surface area contributed by atoms with Gasteiger partial charge in [-0.25, -0.2) is 4.39 Å². The number of esters is 1. The highest BCUT2D eigenvalue weighted by Gasteiger charge is 2.34. The Morgan fingerprint density at radius 1 is 1.24 bits per heavy atom. The zero-order chi connectivity index (χ0) is 24.5. The first-order chi connectivity index (χ1) is 15.7. The van der Waals surface area contributed by atoms with Crippen LogP contribution in [-0.4, -0.2) is 66.4 Å². The number of amides is 3. The number of nitrogens with one attached hydrogen (secondary N) is 1. The summed E-state index contributed by atoms with van der Waals surface area (Å²) in [6, 6.07) is 3.64. The molecule has 13 heteroatoms. The zero-order valence-electron chi connectivity index (χ0n) is 18.0. The second-order valence-electron chi connectivity index (χ2n) is 6.61. The fourth-order valence-electron chi connectivity index (χ4n) is 2.88. The first-order valence-corrected chi connectivity index (χ1v) is 10.5. The normalized spacial score (nSPS) is 11.5. The summed E-state index contributed by atoms with van der Waals surface area (Å²) in [4.78, 5) is 50.7. The third-order valence-electron chi connectivity index (χ3n) is 4.41. The number of halogens is 1. The Balaban J connectivity index is 2.47. The van der Waals surface area contributed by atoms with Crippen LogP contribution in [0.3, 0.4) is 0 Å². The van der Waals surface area contributed by atoms with E-state index in [1.54, 1.807) is 6.92 Å². The predicted octanol–water partition coefficient (Wildman–Crippen LogP) is 0.473. The molecule has 1 aromatic carbocycles. The summed E-state index contributed by atoms with van der Waals surface area (Å²) < 4.78 is 27.2. The number of carbonyl (C=O) groups excluding carboxylic acids is 4. The van der Waals surface area contributed by atoms with Crippen molar-refractivity contribution in [1.29, 1.82) is 0 Å². The van der Waals surface area contributed by atoms with Gasteiger partial charge in [-0.15, -0.1) is 0 Å². The van der Waals surface area contributed by atoms with Crippen molar-refractivity contribution in [2.75, 3.05) is 39.1 Å². The van der Waals surface area contributed by atoms with E-state index < -0.39 is 42.1 Å². The average molecular weight is 482 g/mol. The molecule has 0 aliphatic carbocycles. The standard InChI is InChI=1S/C20H24FN5O6S/c1-3-32-13(27)10-24-19(29)16(11-4-6-12(21)7-5-11)26(8-9-31-2)20(30)17-14(22)15(18(23)28)25-33-17/h4-7,16H,3,8-10,22H2,1-2H3,(H2,23,28)(H,24,29)/t16-/m1/s1. The minimum absolute atomic E-state index is 0.0377. The number of anilines is 1. The largest absolute Gasteiger partial charge is 0.465 e. The van der Waals surface area contributed by atoms with E-state index in [0.29, 0.717) is 11.5 Å². The van der Waals surface area contributed by atoms with E-state index in [-0.39, 0.29) is 41.6 Å². The Labute approximate surface area is 193 Å². The summed E-state index contributed by atoms with van der Waals surface area (Å²) in [5.41, 5.74) is 10.9. The van der Waals surface area contributed by atoms with Crippen molar-refractivity contribution in [3.63, 3.8) is 0 Å². The molecule has 0 radical (unpaired) electrons. The molecule has 0 saturated heterocycles. The number of nitrogen functional groups attached to an aromatic ring is 1. The van der Waals surface area contributed by atoms with E-state index in [4.69, 9.17) is 20.9 Å². The molecule has 178 valence electrons. The monoisotopic (exact) mass is 481 g/mol. The molecule has 0 bridgehead atoms. The quantitative estimate of drug-likeness (QED) is 0.389. The van der Waals surface area contributed by atoms with Crippen LogP contribution in [0.4, 0.5) is 10.1 Å². The van der Waals surface area contributed by atoms with Crippen LogP contribution in [0.5, 0.6) is 0 Å². The second kappa shape index (κ2) is 11.9. The molecule has 0 unspecified atom stereocenters. The predicted molar refractivity (Wildman–Crippen MR) is 117 cm³/mol. The second-order valence-corrected chi connectivity index (χ2v) is 7.38. The average Bonchev–Trinajstić information content (AvgIpc) is 3.17. The van der Waals surface area contributed by atoms with E-state index in [2.05, 4.69) is 9.69 Å². The van der Waals surface area contributed by atoms with Gasteiger partial charge in [0.2, 0.25) is 5.91 Å². The molecule has 3 amide bonds. The molecule has 1 aromatic heterocycles. The smallest absolute Gasteiger partial charge is 0.325 e. The van der Waals surface area contributed by atoms with Crippen molar-refractivity contribution in [2.45, 2.75) is 13.0 Å². The molecule has 11 nitrogen and oxygen atoms in total. The van der Waals surface area contributed by atoms with Crippen molar-refractivity contribution in [2.24, 2.45) is 5.73 Å². The number of carbonyl (C=O) groups is 4. The molecule has 2 aromatic rings. The molecule has 5 N–H and O–H groups in total. The van der Waals surface area contributed by atoms with Crippen LogP contribution in [0.2, 0.25) is 0 Å². The maximum atomic E-state index is 13.5. The van der Waals surface area contributed by atoms with Gasteiger partial charge in [0, 0.05) is 13.7 Å². The Hall–Kier alpha value is -3.58. The lowest BCUT2D eigenvalue weighted by atomic mass is 10.0. The van der Waals surface area contributed by atoms with E-state index in [9.17, 15) is 23.6 Å². The fraction of sp³-hybridized carbons (Fsp3) is 0.350.